The third-order valence-electron chi connectivity index (χ3n) is 4.47. The molecule has 1 aliphatic heterocycles. The number of ether oxygens (including phenoxy) is 1. The van der Waals surface area contributed by atoms with E-state index in [0.717, 1.165) is 31.6 Å². The van der Waals surface area contributed by atoms with Crippen molar-refractivity contribution in [1.29, 1.82) is 0 Å². The highest BCUT2D eigenvalue weighted by molar-refractivity contribution is 5.79. The lowest BCUT2D eigenvalue weighted by molar-refractivity contribution is -0.126. The summed E-state index contributed by atoms with van der Waals surface area (Å²) in [7, 11) is 3.60. The number of hydrogen-bond acceptors (Lipinski definition) is 2. The summed E-state index contributed by atoms with van der Waals surface area (Å²) in [5, 5.41) is 0. The van der Waals surface area contributed by atoms with Crippen molar-refractivity contribution in [1.82, 2.24) is 4.90 Å². The molecule has 0 bridgehead atoms. The third-order valence-corrected chi connectivity index (χ3v) is 4.47. The number of methoxy groups -OCH3 is 1. The van der Waals surface area contributed by atoms with E-state index < -0.39 is 0 Å². The summed E-state index contributed by atoms with van der Waals surface area (Å²) in [6.45, 7) is 0.943. The van der Waals surface area contributed by atoms with Crippen molar-refractivity contribution >= 4 is 5.91 Å². The van der Waals surface area contributed by atoms with Gasteiger partial charge in [0.05, 0.1) is 7.11 Å². The first-order valence-corrected chi connectivity index (χ1v) is 6.50. The van der Waals surface area contributed by atoms with Gasteiger partial charge in [-0.1, -0.05) is 12.1 Å². The second kappa shape index (κ2) is 4.01. The molecule has 0 atom stereocenters. The van der Waals surface area contributed by atoms with Crippen LogP contribution in [0, 0.1) is 5.41 Å². The number of hydrogen-bond donors (Lipinski definition) is 0. The van der Waals surface area contributed by atoms with Crippen LogP contribution < -0.4 is 4.74 Å². The Bertz CT molecular complexity index is 460. The van der Waals surface area contributed by atoms with Crippen LogP contribution >= 0.6 is 0 Å². The highest BCUT2D eigenvalue weighted by Gasteiger charge is 2.50. The molecule has 1 spiro atoms. The lowest BCUT2D eigenvalue weighted by atomic mass is 9.59. The zero-order valence-corrected chi connectivity index (χ0v) is 11.0. The van der Waals surface area contributed by atoms with Crippen LogP contribution in [0.3, 0.4) is 0 Å². The van der Waals surface area contributed by atoms with E-state index in [1.54, 1.807) is 7.11 Å². The summed E-state index contributed by atoms with van der Waals surface area (Å²) in [5.74, 6) is 1.84. The molecule has 0 N–H and O–H groups in total. The number of benzene rings is 1. The summed E-state index contributed by atoms with van der Waals surface area (Å²) < 4.78 is 5.17. The van der Waals surface area contributed by atoms with Gasteiger partial charge in [-0.15, -0.1) is 0 Å². The Labute approximate surface area is 108 Å². The van der Waals surface area contributed by atoms with Crippen molar-refractivity contribution in [2.75, 3.05) is 20.7 Å². The van der Waals surface area contributed by atoms with Gasteiger partial charge in [0.15, 0.2) is 0 Å². The maximum Gasteiger partial charge on any atom is 0.222 e. The van der Waals surface area contributed by atoms with E-state index in [0.29, 0.717) is 11.8 Å². The molecule has 3 rings (SSSR count). The first-order valence-electron chi connectivity index (χ1n) is 6.50. The van der Waals surface area contributed by atoms with Crippen LogP contribution in [0.25, 0.3) is 0 Å². The monoisotopic (exact) mass is 245 g/mol. The Morgan fingerprint density at radius 2 is 1.94 bits per heavy atom. The van der Waals surface area contributed by atoms with E-state index in [-0.39, 0.29) is 5.41 Å². The predicted octanol–water partition coefficient (Wildman–Crippen LogP) is 2.42. The molecular formula is C15H19NO2. The summed E-state index contributed by atoms with van der Waals surface area (Å²) in [6.07, 6.45) is 3.04. The third kappa shape index (κ3) is 1.78. The van der Waals surface area contributed by atoms with E-state index in [4.69, 9.17) is 4.74 Å². The summed E-state index contributed by atoms with van der Waals surface area (Å²) in [5.41, 5.74) is 1.65. The second-order valence-corrected chi connectivity index (χ2v) is 5.80. The zero-order valence-electron chi connectivity index (χ0n) is 11.0. The van der Waals surface area contributed by atoms with Crippen LogP contribution in [0.4, 0.5) is 0 Å². The first-order chi connectivity index (χ1) is 8.62. The first kappa shape index (κ1) is 11.6. The molecule has 1 saturated carbocycles. The van der Waals surface area contributed by atoms with Crippen molar-refractivity contribution in [3.05, 3.63) is 29.8 Å². The van der Waals surface area contributed by atoms with Crippen molar-refractivity contribution in [3.8, 4) is 5.75 Å². The number of carbonyl (C=O) groups is 1. The lowest BCUT2D eigenvalue weighted by Crippen LogP contribution is -2.37. The van der Waals surface area contributed by atoms with Gasteiger partial charge in [-0.2, -0.15) is 0 Å². The van der Waals surface area contributed by atoms with Crippen molar-refractivity contribution in [2.45, 2.75) is 25.2 Å². The molecule has 1 aliphatic carbocycles. The molecular weight excluding hydrogens is 226 g/mol. The van der Waals surface area contributed by atoms with E-state index in [2.05, 4.69) is 12.1 Å². The summed E-state index contributed by atoms with van der Waals surface area (Å²) >= 11 is 0. The van der Waals surface area contributed by atoms with Gasteiger partial charge >= 0.3 is 0 Å². The maximum absolute atomic E-state index is 11.6. The standard InChI is InChI=1S/C15H19NO2/c1-16-10-15(9-14(16)17)7-12(8-15)11-3-5-13(18-2)6-4-11/h3-6,12H,7-10H2,1-2H3. The average Bonchev–Trinajstić information content (AvgIpc) is 2.64. The topological polar surface area (TPSA) is 29.5 Å². The van der Waals surface area contributed by atoms with Gasteiger partial charge in [-0.25, -0.2) is 0 Å². The van der Waals surface area contributed by atoms with Crippen molar-refractivity contribution < 1.29 is 9.53 Å². The lowest BCUT2D eigenvalue weighted by Gasteiger charge is -2.44. The molecule has 2 fully saturated rings. The molecule has 96 valence electrons. The molecule has 1 aromatic rings. The molecule has 3 heteroatoms. The molecule has 3 nitrogen and oxygen atoms in total. The zero-order chi connectivity index (χ0) is 12.8. The van der Waals surface area contributed by atoms with Crippen LogP contribution in [-0.4, -0.2) is 31.5 Å². The number of carbonyl (C=O) groups excluding carboxylic acids is 1. The van der Waals surface area contributed by atoms with Gasteiger partial charge in [-0.3, -0.25) is 4.79 Å². The minimum Gasteiger partial charge on any atom is -0.497 e. The fourth-order valence-electron chi connectivity index (χ4n) is 3.47. The highest BCUT2D eigenvalue weighted by atomic mass is 16.5. The maximum atomic E-state index is 11.6. The smallest absolute Gasteiger partial charge is 0.222 e. The Balaban J connectivity index is 1.66. The van der Waals surface area contributed by atoms with Crippen LogP contribution in [-0.2, 0) is 4.79 Å². The van der Waals surface area contributed by atoms with Gasteiger partial charge in [0, 0.05) is 20.0 Å². The Hall–Kier alpha value is -1.51. The molecule has 1 amide bonds. The van der Waals surface area contributed by atoms with Gasteiger partial charge in [0.1, 0.15) is 5.75 Å². The SMILES string of the molecule is COc1ccc(C2CC3(CC(=O)N(C)C3)C2)cc1. The molecule has 1 aromatic carbocycles. The molecule has 18 heavy (non-hydrogen) atoms. The molecule has 0 unspecified atom stereocenters. The van der Waals surface area contributed by atoms with E-state index in [1.807, 2.05) is 24.1 Å². The van der Waals surface area contributed by atoms with Crippen LogP contribution in [0.5, 0.6) is 5.75 Å². The number of nitrogens with zero attached hydrogens (tertiary/aromatic N) is 1. The van der Waals surface area contributed by atoms with Gasteiger partial charge in [0.25, 0.3) is 0 Å². The average molecular weight is 245 g/mol. The summed E-state index contributed by atoms with van der Waals surface area (Å²) in [4.78, 5) is 13.5. The quantitative estimate of drug-likeness (QED) is 0.801. The fraction of sp³-hybridized carbons (Fsp3) is 0.533. The number of amides is 1. The summed E-state index contributed by atoms with van der Waals surface area (Å²) in [6, 6.07) is 8.34. The number of likely N-dealkylation sites (tertiary alicyclic amines) is 1. The minimum atomic E-state index is 0.274. The van der Waals surface area contributed by atoms with Crippen LogP contribution in [0.2, 0.25) is 0 Å². The fourth-order valence-corrected chi connectivity index (χ4v) is 3.47. The predicted molar refractivity (Wildman–Crippen MR) is 69.7 cm³/mol. The largest absolute Gasteiger partial charge is 0.497 e. The van der Waals surface area contributed by atoms with Gasteiger partial charge in [-0.05, 0) is 41.9 Å². The van der Waals surface area contributed by atoms with E-state index >= 15 is 0 Å². The Morgan fingerprint density at radius 3 is 2.44 bits per heavy atom. The van der Waals surface area contributed by atoms with Gasteiger partial charge in [0.2, 0.25) is 5.91 Å². The van der Waals surface area contributed by atoms with Crippen molar-refractivity contribution in [2.24, 2.45) is 5.41 Å². The van der Waals surface area contributed by atoms with E-state index in [9.17, 15) is 4.79 Å². The second-order valence-electron chi connectivity index (χ2n) is 5.80. The normalized spacial score (nSPS) is 30.7. The molecule has 1 saturated heterocycles. The van der Waals surface area contributed by atoms with Crippen LogP contribution in [0.15, 0.2) is 24.3 Å². The highest BCUT2D eigenvalue weighted by Crippen LogP contribution is 2.55. The minimum absolute atomic E-state index is 0.274. The van der Waals surface area contributed by atoms with Crippen molar-refractivity contribution in [3.63, 3.8) is 0 Å². The Kier molecular flexibility index (Phi) is 2.58. The van der Waals surface area contributed by atoms with Gasteiger partial charge < -0.3 is 9.64 Å². The van der Waals surface area contributed by atoms with E-state index in [1.165, 1.54) is 5.56 Å². The molecule has 0 aromatic heterocycles. The molecule has 1 heterocycles. The van der Waals surface area contributed by atoms with Crippen LogP contribution in [0.1, 0.15) is 30.7 Å². The number of rotatable bonds is 2. The Morgan fingerprint density at radius 1 is 1.28 bits per heavy atom. The molecule has 2 aliphatic rings. The molecule has 0 radical (unpaired) electrons.